The van der Waals surface area contributed by atoms with Gasteiger partial charge in [-0.25, -0.2) is 8.78 Å². The summed E-state index contributed by atoms with van der Waals surface area (Å²) in [5, 5.41) is 17.1. The van der Waals surface area contributed by atoms with Crippen molar-refractivity contribution in [2.75, 3.05) is 13.1 Å². The highest BCUT2D eigenvalue weighted by Crippen LogP contribution is 2.45. The molecule has 0 radical (unpaired) electrons. The summed E-state index contributed by atoms with van der Waals surface area (Å²) in [5.74, 6) is -1.52. The first-order valence-corrected chi connectivity index (χ1v) is 7.93. The number of hydrogen-bond acceptors (Lipinski definition) is 3. The van der Waals surface area contributed by atoms with Crippen LogP contribution in [-0.4, -0.2) is 40.8 Å². The molecular formula is C17H23F2NO3. The molecule has 128 valence electrons. The van der Waals surface area contributed by atoms with Crippen molar-refractivity contribution in [1.29, 1.82) is 0 Å². The molecule has 1 spiro atoms. The maximum atomic E-state index is 13.8. The van der Waals surface area contributed by atoms with Gasteiger partial charge in [0.15, 0.2) is 11.6 Å². The molecule has 1 aliphatic carbocycles. The number of hydrogen-bond donors (Lipinski definition) is 2. The second-order valence-corrected chi connectivity index (χ2v) is 6.40. The minimum atomic E-state index is -0.782. The fourth-order valence-corrected chi connectivity index (χ4v) is 3.90. The van der Waals surface area contributed by atoms with Gasteiger partial charge in [-0.05, 0) is 38.3 Å². The third-order valence-electron chi connectivity index (χ3n) is 4.97. The van der Waals surface area contributed by atoms with E-state index in [9.17, 15) is 13.9 Å². The first kappa shape index (κ1) is 17.8. The quantitative estimate of drug-likeness (QED) is 0.820. The van der Waals surface area contributed by atoms with Crippen LogP contribution < -0.4 is 0 Å². The smallest absolute Gasteiger partial charge is 0.290 e. The van der Waals surface area contributed by atoms with Gasteiger partial charge in [-0.2, -0.15) is 0 Å². The molecule has 4 nitrogen and oxygen atoms in total. The topological polar surface area (TPSA) is 60.8 Å². The molecule has 2 atom stereocenters. The summed E-state index contributed by atoms with van der Waals surface area (Å²) in [4.78, 5) is 10.5. The number of aliphatic hydroxyl groups excluding tert-OH is 1. The van der Waals surface area contributed by atoms with Gasteiger partial charge in [0.2, 0.25) is 0 Å². The second-order valence-electron chi connectivity index (χ2n) is 6.40. The van der Waals surface area contributed by atoms with Gasteiger partial charge in [-0.15, -0.1) is 0 Å². The summed E-state index contributed by atoms with van der Waals surface area (Å²) in [6.45, 7) is 1.87. The Morgan fingerprint density at radius 3 is 2.65 bits per heavy atom. The van der Waals surface area contributed by atoms with Crippen molar-refractivity contribution in [3.63, 3.8) is 0 Å². The molecular weight excluding hydrogens is 304 g/mol. The van der Waals surface area contributed by atoms with E-state index in [-0.39, 0.29) is 18.0 Å². The molecule has 0 unspecified atom stereocenters. The molecule has 1 saturated heterocycles. The Bertz CT molecular complexity index is 541. The van der Waals surface area contributed by atoms with Crippen LogP contribution in [0.3, 0.4) is 0 Å². The predicted molar refractivity (Wildman–Crippen MR) is 81.9 cm³/mol. The van der Waals surface area contributed by atoms with E-state index in [0.29, 0.717) is 12.1 Å². The lowest BCUT2D eigenvalue weighted by Gasteiger charge is -2.42. The second kappa shape index (κ2) is 7.84. The van der Waals surface area contributed by atoms with Gasteiger partial charge in [0.05, 0.1) is 6.10 Å². The summed E-state index contributed by atoms with van der Waals surface area (Å²) in [6.07, 6.45) is 4.84. The van der Waals surface area contributed by atoms with E-state index in [4.69, 9.17) is 9.90 Å². The molecule has 2 fully saturated rings. The third kappa shape index (κ3) is 4.06. The van der Waals surface area contributed by atoms with Crippen LogP contribution in [0.25, 0.3) is 0 Å². The van der Waals surface area contributed by atoms with Gasteiger partial charge in [0.1, 0.15) is 0 Å². The number of likely N-dealkylation sites (tertiary alicyclic amines) is 1. The van der Waals surface area contributed by atoms with E-state index in [0.717, 1.165) is 51.3 Å². The largest absolute Gasteiger partial charge is 0.483 e. The highest BCUT2D eigenvalue weighted by molar-refractivity contribution is 5.32. The van der Waals surface area contributed by atoms with Crippen LogP contribution >= 0.6 is 0 Å². The first-order valence-electron chi connectivity index (χ1n) is 7.93. The van der Waals surface area contributed by atoms with Gasteiger partial charge in [0, 0.05) is 24.1 Å². The van der Waals surface area contributed by atoms with Crippen LogP contribution in [-0.2, 0) is 11.3 Å². The SMILES string of the molecule is O=CO.O[C@@H]1CCC[C@]12CCCN(Cc1cccc(F)c1F)C2. The number of aliphatic hydroxyl groups is 1. The zero-order chi connectivity index (χ0) is 16.9. The standard InChI is InChI=1S/C16H21F2NO.CH2O2/c17-13-5-1-4-12(15(13)18)10-19-9-3-8-16(11-19)7-2-6-14(16)20;2-1-3/h1,4-5,14,20H,2-3,6-11H2;1H,(H,2,3)/t14-,16-;/m1./s1. The fraction of sp³-hybridized carbons (Fsp3) is 0.588. The molecule has 1 heterocycles. The number of piperidine rings is 1. The zero-order valence-corrected chi connectivity index (χ0v) is 13.0. The predicted octanol–water partition coefficient (Wildman–Crippen LogP) is 2.79. The highest BCUT2D eigenvalue weighted by atomic mass is 19.2. The normalized spacial score (nSPS) is 27.5. The number of carbonyl (C=O) groups is 1. The van der Waals surface area contributed by atoms with Gasteiger partial charge in [-0.1, -0.05) is 18.6 Å². The summed E-state index contributed by atoms with van der Waals surface area (Å²) in [7, 11) is 0. The molecule has 1 aromatic rings. The number of benzene rings is 1. The number of rotatable bonds is 2. The lowest BCUT2D eigenvalue weighted by atomic mass is 9.76. The van der Waals surface area contributed by atoms with Crippen LogP contribution in [0, 0.1) is 17.0 Å². The van der Waals surface area contributed by atoms with E-state index in [1.807, 2.05) is 0 Å². The molecule has 2 N–H and O–H groups in total. The van der Waals surface area contributed by atoms with Crippen molar-refractivity contribution < 1.29 is 23.8 Å². The minimum absolute atomic E-state index is 0.0119. The number of halogens is 2. The van der Waals surface area contributed by atoms with Crippen LogP contribution in [0.2, 0.25) is 0 Å². The molecule has 0 bridgehead atoms. The van der Waals surface area contributed by atoms with E-state index in [1.165, 1.54) is 0 Å². The number of carboxylic acid groups (broad SMARTS) is 1. The molecule has 1 aliphatic heterocycles. The molecule has 1 aromatic carbocycles. The van der Waals surface area contributed by atoms with Crippen LogP contribution in [0.5, 0.6) is 0 Å². The van der Waals surface area contributed by atoms with Gasteiger partial charge < -0.3 is 10.2 Å². The Balaban J connectivity index is 0.000000595. The van der Waals surface area contributed by atoms with Crippen LogP contribution in [0.4, 0.5) is 8.78 Å². The number of nitrogens with zero attached hydrogens (tertiary/aromatic N) is 1. The molecule has 6 heteroatoms. The Labute approximate surface area is 134 Å². The van der Waals surface area contributed by atoms with Crippen molar-refractivity contribution in [1.82, 2.24) is 4.90 Å². The first-order chi connectivity index (χ1) is 11.0. The Kier molecular flexibility index (Phi) is 6.07. The summed E-state index contributed by atoms with van der Waals surface area (Å²) in [5.41, 5.74) is 0.400. The fourth-order valence-electron chi connectivity index (χ4n) is 3.90. The lowest BCUT2D eigenvalue weighted by Crippen LogP contribution is -2.46. The summed E-state index contributed by atoms with van der Waals surface area (Å²) >= 11 is 0. The van der Waals surface area contributed by atoms with Crippen molar-refractivity contribution in [2.45, 2.75) is 44.8 Å². The van der Waals surface area contributed by atoms with Crippen molar-refractivity contribution in [2.24, 2.45) is 5.41 Å². The monoisotopic (exact) mass is 327 g/mol. The molecule has 2 aliphatic rings. The zero-order valence-electron chi connectivity index (χ0n) is 13.0. The minimum Gasteiger partial charge on any atom is -0.483 e. The molecule has 3 rings (SSSR count). The molecule has 0 amide bonds. The van der Waals surface area contributed by atoms with Crippen molar-refractivity contribution in [3.05, 3.63) is 35.4 Å². The van der Waals surface area contributed by atoms with E-state index in [1.54, 1.807) is 12.1 Å². The average Bonchev–Trinajstić information content (AvgIpc) is 2.85. The summed E-state index contributed by atoms with van der Waals surface area (Å²) in [6, 6.07) is 4.35. The highest BCUT2D eigenvalue weighted by Gasteiger charge is 2.44. The maximum Gasteiger partial charge on any atom is 0.290 e. The van der Waals surface area contributed by atoms with Gasteiger partial charge >= 0.3 is 0 Å². The average molecular weight is 327 g/mol. The summed E-state index contributed by atoms with van der Waals surface area (Å²) < 4.78 is 27.0. The third-order valence-corrected chi connectivity index (χ3v) is 4.97. The van der Waals surface area contributed by atoms with Crippen LogP contribution in [0.1, 0.15) is 37.7 Å². The van der Waals surface area contributed by atoms with E-state index >= 15 is 0 Å². The van der Waals surface area contributed by atoms with Gasteiger partial charge in [0.25, 0.3) is 6.47 Å². The Hall–Kier alpha value is -1.53. The maximum absolute atomic E-state index is 13.8. The molecule has 0 aromatic heterocycles. The van der Waals surface area contributed by atoms with Crippen LogP contribution in [0.15, 0.2) is 18.2 Å². The Morgan fingerprint density at radius 1 is 1.30 bits per heavy atom. The molecule has 23 heavy (non-hydrogen) atoms. The van der Waals surface area contributed by atoms with Crippen molar-refractivity contribution in [3.8, 4) is 0 Å². The van der Waals surface area contributed by atoms with E-state index in [2.05, 4.69) is 4.90 Å². The lowest BCUT2D eigenvalue weighted by molar-refractivity contribution is -0.122. The Morgan fingerprint density at radius 2 is 2.00 bits per heavy atom. The van der Waals surface area contributed by atoms with Crippen molar-refractivity contribution >= 4 is 6.47 Å². The van der Waals surface area contributed by atoms with E-state index < -0.39 is 11.6 Å². The molecule has 1 saturated carbocycles. The van der Waals surface area contributed by atoms with Gasteiger partial charge in [-0.3, -0.25) is 9.69 Å².